The molecule has 3 N–H and O–H groups in total. The third-order valence-electron chi connectivity index (χ3n) is 1.66. The lowest BCUT2D eigenvalue weighted by Crippen LogP contribution is -2.47. The Bertz CT molecular complexity index is 226. The van der Waals surface area contributed by atoms with Gasteiger partial charge in [0.05, 0.1) is 19.8 Å². The summed E-state index contributed by atoms with van der Waals surface area (Å²) in [6, 6.07) is -0.626. The fraction of sp³-hybridized carbons (Fsp3) is 0.778. The molecule has 0 saturated carbocycles. The molecule has 1 unspecified atom stereocenters. The van der Waals surface area contributed by atoms with Gasteiger partial charge in [0.1, 0.15) is 6.04 Å². The standard InChI is InChI=1S/C9H18N2O4S/c1-7(13)11-8(6-16)9(14)10-2-4-15-5-3-12/h8,12,16H,2-6H2,1H3,(H,10,14)(H,11,13). The number of carbonyl (C=O) groups excluding carboxylic acids is 2. The van der Waals surface area contributed by atoms with E-state index in [-0.39, 0.29) is 30.8 Å². The largest absolute Gasteiger partial charge is 0.394 e. The molecule has 0 aromatic carbocycles. The Hall–Kier alpha value is -0.790. The van der Waals surface area contributed by atoms with E-state index in [2.05, 4.69) is 23.3 Å². The summed E-state index contributed by atoms with van der Waals surface area (Å²) in [5.41, 5.74) is 0. The molecule has 1 atom stereocenters. The molecule has 0 saturated heterocycles. The molecule has 0 bridgehead atoms. The number of aliphatic hydroxyl groups is 1. The number of ether oxygens (including phenoxy) is 1. The average Bonchev–Trinajstić information content (AvgIpc) is 2.25. The first-order chi connectivity index (χ1) is 7.61. The first kappa shape index (κ1) is 15.2. The van der Waals surface area contributed by atoms with Crippen LogP contribution >= 0.6 is 12.6 Å². The highest BCUT2D eigenvalue weighted by molar-refractivity contribution is 7.80. The third kappa shape index (κ3) is 7.49. The van der Waals surface area contributed by atoms with Crippen LogP contribution in [0.1, 0.15) is 6.92 Å². The van der Waals surface area contributed by atoms with E-state index in [9.17, 15) is 9.59 Å². The number of rotatable bonds is 8. The van der Waals surface area contributed by atoms with Crippen LogP contribution in [0.4, 0.5) is 0 Å². The second-order valence-corrected chi connectivity index (χ2v) is 3.43. The minimum atomic E-state index is -0.626. The molecule has 0 aliphatic heterocycles. The SMILES string of the molecule is CC(=O)NC(CS)C(=O)NCCOCCO. The Morgan fingerprint density at radius 3 is 2.62 bits per heavy atom. The van der Waals surface area contributed by atoms with Crippen molar-refractivity contribution in [3.63, 3.8) is 0 Å². The summed E-state index contributed by atoms with van der Waals surface area (Å²) in [4.78, 5) is 22.2. The van der Waals surface area contributed by atoms with Crippen LogP contribution in [0.3, 0.4) is 0 Å². The van der Waals surface area contributed by atoms with Gasteiger partial charge in [0, 0.05) is 19.2 Å². The van der Waals surface area contributed by atoms with Crippen molar-refractivity contribution in [3.8, 4) is 0 Å². The Kier molecular flexibility index (Phi) is 8.97. The van der Waals surface area contributed by atoms with Gasteiger partial charge >= 0.3 is 0 Å². The fourth-order valence-corrected chi connectivity index (χ4v) is 1.23. The smallest absolute Gasteiger partial charge is 0.243 e. The third-order valence-corrected chi connectivity index (χ3v) is 2.02. The maximum Gasteiger partial charge on any atom is 0.243 e. The molecule has 0 spiro atoms. The van der Waals surface area contributed by atoms with Crippen molar-refractivity contribution in [1.82, 2.24) is 10.6 Å². The van der Waals surface area contributed by atoms with Gasteiger partial charge in [-0.05, 0) is 0 Å². The zero-order chi connectivity index (χ0) is 12.4. The number of carbonyl (C=O) groups is 2. The molecule has 6 nitrogen and oxygen atoms in total. The van der Waals surface area contributed by atoms with Crippen molar-refractivity contribution in [1.29, 1.82) is 0 Å². The van der Waals surface area contributed by atoms with E-state index in [1.54, 1.807) is 0 Å². The molecular weight excluding hydrogens is 232 g/mol. The maximum atomic E-state index is 11.5. The summed E-state index contributed by atoms with van der Waals surface area (Å²) in [6.07, 6.45) is 0. The summed E-state index contributed by atoms with van der Waals surface area (Å²) in [7, 11) is 0. The number of amides is 2. The highest BCUT2D eigenvalue weighted by Crippen LogP contribution is 1.88. The van der Waals surface area contributed by atoms with E-state index >= 15 is 0 Å². The van der Waals surface area contributed by atoms with Crippen molar-refractivity contribution in [2.75, 3.05) is 32.1 Å². The van der Waals surface area contributed by atoms with Gasteiger partial charge in [-0.3, -0.25) is 9.59 Å². The van der Waals surface area contributed by atoms with Crippen LogP contribution in [-0.4, -0.2) is 55.1 Å². The van der Waals surface area contributed by atoms with Gasteiger partial charge in [0.25, 0.3) is 0 Å². The predicted octanol–water partition coefficient (Wildman–Crippen LogP) is -1.45. The first-order valence-corrected chi connectivity index (χ1v) is 5.59. The maximum absolute atomic E-state index is 11.5. The zero-order valence-electron chi connectivity index (χ0n) is 9.23. The summed E-state index contributed by atoms with van der Waals surface area (Å²) >= 11 is 3.97. The normalized spacial score (nSPS) is 11.9. The lowest BCUT2D eigenvalue weighted by molar-refractivity contribution is -0.127. The highest BCUT2D eigenvalue weighted by Gasteiger charge is 2.16. The lowest BCUT2D eigenvalue weighted by Gasteiger charge is -2.15. The topological polar surface area (TPSA) is 87.7 Å². The Morgan fingerprint density at radius 1 is 1.44 bits per heavy atom. The van der Waals surface area contributed by atoms with Crippen LogP contribution in [0.25, 0.3) is 0 Å². The molecule has 0 rings (SSSR count). The molecule has 0 aliphatic carbocycles. The summed E-state index contributed by atoms with van der Waals surface area (Å²) in [5, 5.41) is 13.5. The van der Waals surface area contributed by atoms with E-state index in [1.165, 1.54) is 6.92 Å². The number of hydrogen-bond donors (Lipinski definition) is 4. The predicted molar refractivity (Wildman–Crippen MR) is 62.4 cm³/mol. The molecule has 0 aromatic heterocycles. The average molecular weight is 250 g/mol. The van der Waals surface area contributed by atoms with E-state index in [0.717, 1.165) is 0 Å². The van der Waals surface area contributed by atoms with Gasteiger partial charge in [0.2, 0.25) is 11.8 Å². The number of hydrogen-bond acceptors (Lipinski definition) is 5. The van der Waals surface area contributed by atoms with Crippen molar-refractivity contribution < 1.29 is 19.4 Å². The molecular formula is C9H18N2O4S. The minimum Gasteiger partial charge on any atom is -0.394 e. The minimum absolute atomic E-state index is 0.0426. The zero-order valence-corrected chi connectivity index (χ0v) is 10.1. The summed E-state index contributed by atoms with van der Waals surface area (Å²) in [5.74, 6) is -0.327. The van der Waals surface area contributed by atoms with E-state index in [0.29, 0.717) is 13.2 Å². The number of aliphatic hydroxyl groups excluding tert-OH is 1. The molecule has 0 aliphatic rings. The van der Waals surface area contributed by atoms with Gasteiger partial charge in [0.15, 0.2) is 0 Å². The Balaban J connectivity index is 3.71. The van der Waals surface area contributed by atoms with Crippen molar-refractivity contribution in [2.45, 2.75) is 13.0 Å². The van der Waals surface area contributed by atoms with Gasteiger partial charge in [-0.2, -0.15) is 12.6 Å². The van der Waals surface area contributed by atoms with E-state index in [1.807, 2.05) is 0 Å². The lowest BCUT2D eigenvalue weighted by atomic mass is 10.3. The molecule has 16 heavy (non-hydrogen) atoms. The fourth-order valence-electron chi connectivity index (χ4n) is 0.976. The van der Waals surface area contributed by atoms with Crippen LogP contribution < -0.4 is 10.6 Å². The highest BCUT2D eigenvalue weighted by atomic mass is 32.1. The van der Waals surface area contributed by atoms with E-state index in [4.69, 9.17) is 9.84 Å². The quantitative estimate of drug-likeness (QED) is 0.313. The van der Waals surface area contributed by atoms with Crippen LogP contribution in [0.15, 0.2) is 0 Å². The van der Waals surface area contributed by atoms with Gasteiger partial charge in [-0.25, -0.2) is 0 Å². The molecule has 94 valence electrons. The van der Waals surface area contributed by atoms with Gasteiger partial charge in [-0.15, -0.1) is 0 Å². The Labute approximate surface area is 100 Å². The van der Waals surface area contributed by atoms with Gasteiger partial charge < -0.3 is 20.5 Å². The number of nitrogens with one attached hydrogen (secondary N) is 2. The monoisotopic (exact) mass is 250 g/mol. The van der Waals surface area contributed by atoms with Crippen molar-refractivity contribution in [2.24, 2.45) is 0 Å². The van der Waals surface area contributed by atoms with Crippen LogP contribution in [0.5, 0.6) is 0 Å². The molecule has 0 heterocycles. The summed E-state index contributed by atoms with van der Waals surface area (Å²) in [6.45, 7) is 2.21. The molecule has 0 radical (unpaired) electrons. The number of thiol groups is 1. The Morgan fingerprint density at radius 2 is 2.12 bits per heavy atom. The van der Waals surface area contributed by atoms with Crippen molar-refractivity contribution in [3.05, 3.63) is 0 Å². The van der Waals surface area contributed by atoms with Crippen LogP contribution in [0, 0.1) is 0 Å². The summed E-state index contributed by atoms with van der Waals surface area (Å²) < 4.78 is 4.96. The second-order valence-electron chi connectivity index (χ2n) is 3.06. The van der Waals surface area contributed by atoms with E-state index < -0.39 is 6.04 Å². The molecule has 2 amide bonds. The van der Waals surface area contributed by atoms with Crippen LogP contribution in [-0.2, 0) is 14.3 Å². The molecule has 7 heteroatoms. The first-order valence-electron chi connectivity index (χ1n) is 4.96. The van der Waals surface area contributed by atoms with Crippen LogP contribution in [0.2, 0.25) is 0 Å². The molecule has 0 aromatic rings. The van der Waals surface area contributed by atoms with Crippen molar-refractivity contribution >= 4 is 24.4 Å². The molecule has 0 fully saturated rings. The van der Waals surface area contributed by atoms with Gasteiger partial charge in [-0.1, -0.05) is 0 Å². The second kappa shape index (κ2) is 9.44.